The number of nitrogen functional groups attached to an aromatic ring is 2. The molecular formula is C9H8Cl2N6. The number of benzene rings is 1. The van der Waals surface area contributed by atoms with Crippen LogP contribution in [0.25, 0.3) is 0 Å². The predicted molar refractivity (Wildman–Crippen MR) is 68.4 cm³/mol. The van der Waals surface area contributed by atoms with Gasteiger partial charge in [-0.15, -0.1) is 10.2 Å². The zero-order chi connectivity index (χ0) is 12.4. The Bertz CT molecular complexity index is 559. The monoisotopic (exact) mass is 270 g/mol. The molecule has 0 spiro atoms. The van der Waals surface area contributed by atoms with Gasteiger partial charge < -0.3 is 16.8 Å². The predicted octanol–water partition coefficient (Wildman–Crippen LogP) is 2.09. The van der Waals surface area contributed by atoms with E-state index in [1.54, 1.807) is 18.2 Å². The van der Waals surface area contributed by atoms with Gasteiger partial charge in [0.15, 0.2) is 11.6 Å². The maximum absolute atomic E-state index is 5.97. The first-order valence-corrected chi connectivity index (χ1v) is 5.29. The molecule has 0 saturated heterocycles. The Balaban J connectivity index is 2.28. The van der Waals surface area contributed by atoms with E-state index in [9.17, 15) is 0 Å². The minimum Gasteiger partial charge on any atom is -0.380 e. The minimum absolute atomic E-state index is 0.0813. The van der Waals surface area contributed by atoms with Gasteiger partial charge in [-0.25, -0.2) is 0 Å². The molecule has 0 aliphatic carbocycles. The lowest BCUT2D eigenvalue weighted by Crippen LogP contribution is -2.06. The van der Waals surface area contributed by atoms with Crippen LogP contribution in [0.15, 0.2) is 18.2 Å². The maximum Gasteiger partial charge on any atom is 0.249 e. The van der Waals surface area contributed by atoms with E-state index in [0.29, 0.717) is 15.7 Å². The van der Waals surface area contributed by atoms with E-state index in [2.05, 4.69) is 20.5 Å². The summed E-state index contributed by atoms with van der Waals surface area (Å²) in [7, 11) is 0. The molecule has 0 amide bonds. The summed E-state index contributed by atoms with van der Waals surface area (Å²) in [6.07, 6.45) is 0. The van der Waals surface area contributed by atoms with Gasteiger partial charge in [-0.2, -0.15) is 4.98 Å². The van der Waals surface area contributed by atoms with Crippen molar-refractivity contribution in [2.75, 3.05) is 16.8 Å². The van der Waals surface area contributed by atoms with Crippen LogP contribution in [0.4, 0.5) is 23.3 Å². The Hall–Kier alpha value is -1.79. The lowest BCUT2D eigenvalue weighted by Gasteiger charge is -2.07. The molecule has 2 rings (SSSR count). The van der Waals surface area contributed by atoms with Gasteiger partial charge in [-0.05, 0) is 18.2 Å². The molecule has 5 N–H and O–H groups in total. The number of nitrogens with two attached hydrogens (primary N) is 2. The number of nitrogens with one attached hydrogen (secondary N) is 1. The highest BCUT2D eigenvalue weighted by atomic mass is 35.5. The topological polar surface area (TPSA) is 103 Å². The number of hydrogen-bond acceptors (Lipinski definition) is 6. The molecule has 0 unspecified atom stereocenters. The summed E-state index contributed by atoms with van der Waals surface area (Å²) in [6.45, 7) is 0. The summed E-state index contributed by atoms with van der Waals surface area (Å²) in [5, 5.41) is 11.2. The third-order valence-electron chi connectivity index (χ3n) is 1.92. The fourth-order valence-corrected chi connectivity index (χ4v) is 1.57. The Kier molecular flexibility index (Phi) is 3.16. The molecule has 0 radical (unpaired) electrons. The van der Waals surface area contributed by atoms with Gasteiger partial charge in [0.2, 0.25) is 5.95 Å². The third-order valence-corrected chi connectivity index (χ3v) is 2.47. The average Bonchev–Trinajstić information content (AvgIpc) is 2.27. The van der Waals surface area contributed by atoms with Gasteiger partial charge in [-0.3, -0.25) is 0 Å². The van der Waals surface area contributed by atoms with E-state index in [0.717, 1.165) is 0 Å². The molecule has 8 heteroatoms. The summed E-state index contributed by atoms with van der Waals surface area (Å²) in [5.74, 6) is 0.395. The molecule has 0 fully saturated rings. The van der Waals surface area contributed by atoms with Crippen LogP contribution in [0.2, 0.25) is 10.0 Å². The van der Waals surface area contributed by atoms with E-state index in [-0.39, 0.29) is 17.6 Å². The molecule has 0 aliphatic rings. The second kappa shape index (κ2) is 4.60. The van der Waals surface area contributed by atoms with Gasteiger partial charge in [-0.1, -0.05) is 23.2 Å². The Morgan fingerprint density at radius 2 is 1.82 bits per heavy atom. The fourth-order valence-electron chi connectivity index (χ4n) is 1.11. The number of nitrogens with zero attached hydrogens (tertiary/aromatic N) is 3. The van der Waals surface area contributed by atoms with Gasteiger partial charge in [0, 0.05) is 5.02 Å². The van der Waals surface area contributed by atoms with Gasteiger partial charge in [0.05, 0.1) is 10.7 Å². The van der Waals surface area contributed by atoms with Crippen LogP contribution < -0.4 is 16.8 Å². The molecule has 2 aromatic rings. The first-order valence-electron chi connectivity index (χ1n) is 4.54. The van der Waals surface area contributed by atoms with E-state index in [4.69, 9.17) is 34.7 Å². The normalized spacial score (nSPS) is 10.2. The van der Waals surface area contributed by atoms with Crippen LogP contribution in [-0.2, 0) is 0 Å². The molecule has 0 aliphatic heterocycles. The van der Waals surface area contributed by atoms with Crippen LogP contribution >= 0.6 is 23.2 Å². The SMILES string of the molecule is Nc1nnc(Nc2ccc(Cl)cc2Cl)nc1N. The van der Waals surface area contributed by atoms with E-state index in [1.165, 1.54) is 0 Å². The number of halogens is 2. The fraction of sp³-hybridized carbons (Fsp3) is 0. The van der Waals surface area contributed by atoms with Crippen LogP contribution in [0.1, 0.15) is 0 Å². The standard InChI is InChI=1S/C9H8Cl2N6/c10-4-1-2-6(5(11)3-4)14-9-15-7(12)8(13)16-17-9/h1-3H,(H2,13,16)(H3,12,14,15,17). The molecule has 6 nitrogen and oxygen atoms in total. The number of rotatable bonds is 2. The first-order chi connectivity index (χ1) is 8.06. The third kappa shape index (κ3) is 2.66. The average molecular weight is 271 g/mol. The Labute approximate surface area is 107 Å². The second-order valence-electron chi connectivity index (χ2n) is 3.16. The smallest absolute Gasteiger partial charge is 0.249 e. The minimum atomic E-state index is 0.0813. The molecule has 0 atom stereocenters. The summed E-state index contributed by atoms with van der Waals surface area (Å²) in [4.78, 5) is 3.91. The van der Waals surface area contributed by atoms with Crippen molar-refractivity contribution in [2.24, 2.45) is 0 Å². The van der Waals surface area contributed by atoms with Crippen molar-refractivity contribution in [1.82, 2.24) is 15.2 Å². The van der Waals surface area contributed by atoms with Gasteiger partial charge >= 0.3 is 0 Å². The van der Waals surface area contributed by atoms with Crippen molar-refractivity contribution in [1.29, 1.82) is 0 Å². The van der Waals surface area contributed by atoms with Crippen molar-refractivity contribution in [3.8, 4) is 0 Å². The first kappa shape index (κ1) is 11.7. The largest absolute Gasteiger partial charge is 0.380 e. The van der Waals surface area contributed by atoms with Crippen LogP contribution in [0.5, 0.6) is 0 Å². The molecule has 1 aromatic heterocycles. The second-order valence-corrected chi connectivity index (χ2v) is 4.00. The van der Waals surface area contributed by atoms with Crippen LogP contribution in [0, 0.1) is 0 Å². The van der Waals surface area contributed by atoms with E-state index >= 15 is 0 Å². The molecule has 88 valence electrons. The Morgan fingerprint density at radius 3 is 2.47 bits per heavy atom. The number of aromatic nitrogens is 3. The van der Waals surface area contributed by atoms with Crippen molar-refractivity contribution in [3.05, 3.63) is 28.2 Å². The van der Waals surface area contributed by atoms with Crippen molar-refractivity contribution < 1.29 is 0 Å². The van der Waals surface area contributed by atoms with Gasteiger partial charge in [0.25, 0.3) is 0 Å². The van der Waals surface area contributed by atoms with Crippen LogP contribution in [-0.4, -0.2) is 15.2 Å². The summed E-state index contributed by atoms with van der Waals surface area (Å²) >= 11 is 11.7. The quantitative estimate of drug-likeness (QED) is 0.772. The zero-order valence-corrected chi connectivity index (χ0v) is 10.00. The lowest BCUT2D eigenvalue weighted by molar-refractivity contribution is 0.996. The molecular weight excluding hydrogens is 263 g/mol. The van der Waals surface area contributed by atoms with E-state index < -0.39 is 0 Å². The molecule has 0 saturated carbocycles. The summed E-state index contributed by atoms with van der Waals surface area (Å²) < 4.78 is 0. The number of anilines is 4. The van der Waals surface area contributed by atoms with Crippen molar-refractivity contribution in [3.63, 3.8) is 0 Å². The van der Waals surface area contributed by atoms with E-state index in [1.807, 2.05) is 0 Å². The van der Waals surface area contributed by atoms with Crippen molar-refractivity contribution in [2.45, 2.75) is 0 Å². The highest BCUT2D eigenvalue weighted by Gasteiger charge is 2.06. The number of hydrogen-bond donors (Lipinski definition) is 3. The summed E-state index contributed by atoms with van der Waals surface area (Å²) in [6, 6.07) is 4.98. The Morgan fingerprint density at radius 1 is 1.06 bits per heavy atom. The zero-order valence-electron chi connectivity index (χ0n) is 8.48. The highest BCUT2D eigenvalue weighted by molar-refractivity contribution is 6.36. The highest BCUT2D eigenvalue weighted by Crippen LogP contribution is 2.27. The van der Waals surface area contributed by atoms with Crippen molar-refractivity contribution >= 4 is 46.5 Å². The molecule has 1 aromatic carbocycles. The van der Waals surface area contributed by atoms with Gasteiger partial charge in [0.1, 0.15) is 0 Å². The lowest BCUT2D eigenvalue weighted by atomic mass is 10.3. The van der Waals surface area contributed by atoms with Crippen LogP contribution in [0.3, 0.4) is 0 Å². The molecule has 17 heavy (non-hydrogen) atoms. The summed E-state index contributed by atoms with van der Waals surface area (Å²) in [5.41, 5.74) is 11.5. The molecule has 0 bridgehead atoms. The maximum atomic E-state index is 5.97. The molecule has 1 heterocycles.